The Hall–Kier alpha value is -4.65. The van der Waals surface area contributed by atoms with Gasteiger partial charge in [-0.05, 0) is 104 Å². The van der Waals surface area contributed by atoms with E-state index < -0.39 is 59.2 Å². The Morgan fingerprint density at radius 3 is 1.93 bits per heavy atom. The first-order chi connectivity index (χ1) is 25.4. The van der Waals surface area contributed by atoms with Crippen molar-refractivity contribution in [3.63, 3.8) is 0 Å². The van der Waals surface area contributed by atoms with E-state index in [4.69, 9.17) is 14.2 Å². The van der Waals surface area contributed by atoms with E-state index in [-0.39, 0.29) is 43.5 Å². The van der Waals surface area contributed by atoms with Crippen molar-refractivity contribution in [2.75, 3.05) is 19.6 Å². The molecule has 0 saturated carbocycles. The average Bonchev–Trinajstić information content (AvgIpc) is 3.02. The van der Waals surface area contributed by atoms with Crippen molar-refractivity contribution in [3.05, 3.63) is 65.7 Å². The third kappa shape index (κ3) is 17.1. The lowest BCUT2D eigenvalue weighted by Crippen LogP contribution is -2.63. The number of amides is 4. The van der Waals surface area contributed by atoms with Gasteiger partial charge in [-0.2, -0.15) is 0 Å². The van der Waals surface area contributed by atoms with Gasteiger partial charge in [0.2, 0.25) is 17.7 Å². The van der Waals surface area contributed by atoms with Gasteiger partial charge in [-0.1, -0.05) is 56.3 Å². The van der Waals surface area contributed by atoms with Crippen molar-refractivity contribution in [1.82, 2.24) is 26.2 Å². The number of piperazine rings is 1. The molecule has 0 aliphatic carbocycles. The molecule has 13 nitrogen and oxygen atoms in total. The third-order valence-corrected chi connectivity index (χ3v) is 8.12. The Labute approximate surface area is 327 Å². The van der Waals surface area contributed by atoms with Crippen LogP contribution in [0.3, 0.4) is 0 Å². The molecule has 1 fully saturated rings. The van der Waals surface area contributed by atoms with Gasteiger partial charge in [0, 0.05) is 25.6 Å². The fraction of sp³-hybridized carbons (Fsp3) is 0.595. The van der Waals surface area contributed by atoms with Gasteiger partial charge in [0.15, 0.2) is 0 Å². The number of nitrogens with one attached hydrogen (secondary N) is 4. The summed E-state index contributed by atoms with van der Waals surface area (Å²) in [4.78, 5) is 68.7. The molecular formula is C42H63N5O8. The smallest absolute Gasteiger partial charge is 0.407 e. The summed E-state index contributed by atoms with van der Waals surface area (Å²) in [5, 5.41) is 11.4. The van der Waals surface area contributed by atoms with E-state index >= 15 is 0 Å². The predicted molar refractivity (Wildman–Crippen MR) is 211 cm³/mol. The zero-order valence-corrected chi connectivity index (χ0v) is 34.5. The van der Waals surface area contributed by atoms with Gasteiger partial charge < -0.3 is 35.5 Å². The van der Waals surface area contributed by atoms with Gasteiger partial charge in [-0.3, -0.25) is 19.3 Å². The largest absolute Gasteiger partial charge is 0.488 e. The summed E-state index contributed by atoms with van der Waals surface area (Å²) in [7, 11) is 0. The van der Waals surface area contributed by atoms with Crippen molar-refractivity contribution in [2.45, 2.75) is 136 Å². The fourth-order valence-corrected chi connectivity index (χ4v) is 6.04. The zero-order chi connectivity index (χ0) is 41.1. The number of nitrogens with zero attached hydrogens (tertiary/aromatic N) is 1. The maximum atomic E-state index is 13.9. The van der Waals surface area contributed by atoms with Crippen LogP contribution < -0.4 is 26.0 Å². The summed E-state index contributed by atoms with van der Waals surface area (Å²) in [5.74, 6) is -1.26. The summed E-state index contributed by atoms with van der Waals surface area (Å²) < 4.78 is 17.1. The molecular weight excluding hydrogens is 702 g/mol. The van der Waals surface area contributed by atoms with Crippen LogP contribution in [0, 0.1) is 5.92 Å². The molecule has 55 heavy (non-hydrogen) atoms. The van der Waals surface area contributed by atoms with E-state index in [0.717, 1.165) is 11.1 Å². The molecule has 0 aromatic heterocycles. The number of ether oxygens (including phenoxy) is 3. The van der Waals surface area contributed by atoms with Gasteiger partial charge in [-0.15, -0.1) is 0 Å². The highest BCUT2D eigenvalue weighted by atomic mass is 16.6. The van der Waals surface area contributed by atoms with Crippen LogP contribution in [0.5, 0.6) is 5.75 Å². The van der Waals surface area contributed by atoms with Crippen molar-refractivity contribution in [1.29, 1.82) is 0 Å². The second-order valence-electron chi connectivity index (χ2n) is 17.7. The second kappa shape index (κ2) is 19.3. The number of rotatable bonds is 15. The third-order valence-electron chi connectivity index (χ3n) is 8.12. The molecule has 1 saturated heterocycles. The van der Waals surface area contributed by atoms with Crippen LogP contribution in [-0.2, 0) is 41.5 Å². The summed E-state index contributed by atoms with van der Waals surface area (Å²) in [5.41, 5.74) is -0.118. The van der Waals surface area contributed by atoms with Crippen LogP contribution in [0.1, 0.15) is 93.7 Å². The number of benzene rings is 2. The predicted octanol–water partition coefficient (Wildman–Crippen LogP) is 4.70. The van der Waals surface area contributed by atoms with E-state index in [9.17, 15) is 24.0 Å². The van der Waals surface area contributed by atoms with Crippen molar-refractivity contribution in [2.24, 2.45) is 5.92 Å². The van der Waals surface area contributed by atoms with E-state index in [2.05, 4.69) is 21.3 Å². The van der Waals surface area contributed by atoms with Gasteiger partial charge in [-0.25, -0.2) is 9.59 Å². The molecule has 0 radical (unpaired) electrons. The zero-order valence-electron chi connectivity index (χ0n) is 34.5. The first-order valence-electron chi connectivity index (χ1n) is 19.1. The maximum absolute atomic E-state index is 13.9. The Balaban J connectivity index is 1.80. The van der Waals surface area contributed by atoms with E-state index in [1.165, 1.54) is 0 Å². The minimum atomic E-state index is -1.06. The number of esters is 1. The normalized spacial score (nSPS) is 16.9. The highest BCUT2D eigenvalue weighted by Crippen LogP contribution is 2.20. The van der Waals surface area contributed by atoms with Crippen LogP contribution >= 0.6 is 0 Å². The molecule has 1 aliphatic rings. The lowest BCUT2D eigenvalue weighted by atomic mass is 10.0. The average molecular weight is 766 g/mol. The van der Waals surface area contributed by atoms with E-state index in [1.807, 2.05) is 89.2 Å². The molecule has 4 amide bonds. The Morgan fingerprint density at radius 2 is 1.36 bits per heavy atom. The van der Waals surface area contributed by atoms with Crippen LogP contribution in [0.25, 0.3) is 0 Å². The molecule has 2 aromatic rings. The van der Waals surface area contributed by atoms with Crippen molar-refractivity contribution in [3.8, 4) is 5.75 Å². The molecule has 4 atom stereocenters. The quantitative estimate of drug-likeness (QED) is 0.188. The highest BCUT2D eigenvalue weighted by molar-refractivity contribution is 5.94. The van der Waals surface area contributed by atoms with Crippen LogP contribution in [0.4, 0.5) is 4.79 Å². The minimum absolute atomic E-state index is 0.00462. The number of hydrogen-bond acceptors (Lipinski definition) is 9. The van der Waals surface area contributed by atoms with Crippen LogP contribution in [0.2, 0.25) is 0 Å². The molecule has 4 N–H and O–H groups in total. The number of alkyl carbamates (subject to hydrolysis) is 1. The molecule has 0 bridgehead atoms. The standard InChI is InChI=1S/C42H63N5O8/c1-27(2)21-33(38(51)54-41(6,7)8)46-36(49)32(23-28-15-13-12-14-16-28)45-37(50)34-25-47(26-35(48)44-34)24-30(43-39(52)55-42(9,10)11)22-29-17-19-31(20-18-29)53-40(3,4)5/h12-20,27,30,32-34H,21-26H2,1-11H3,(H,43,52)(H,44,48)(H,45,50)(H,46,49)/t30-,32-,33-,34-/m0/s1. The van der Waals surface area contributed by atoms with Gasteiger partial charge >= 0.3 is 12.1 Å². The van der Waals surface area contributed by atoms with Crippen molar-refractivity contribution >= 4 is 29.8 Å². The molecule has 1 heterocycles. The van der Waals surface area contributed by atoms with Crippen LogP contribution in [0.15, 0.2) is 54.6 Å². The summed E-state index contributed by atoms with van der Waals surface area (Å²) in [6, 6.07) is 13.3. The molecule has 13 heteroatoms. The first kappa shape index (κ1) is 44.7. The molecule has 2 aromatic carbocycles. The molecule has 0 spiro atoms. The molecule has 0 unspecified atom stereocenters. The minimum Gasteiger partial charge on any atom is -0.488 e. The van der Waals surface area contributed by atoms with E-state index in [0.29, 0.717) is 18.6 Å². The topological polar surface area (TPSA) is 164 Å². The monoisotopic (exact) mass is 765 g/mol. The maximum Gasteiger partial charge on any atom is 0.407 e. The SMILES string of the molecule is CC(C)C[C@H](NC(=O)[C@H](Cc1ccccc1)NC(=O)[C@@H]1CN(C[C@H](Cc2ccc(OC(C)(C)C)cc2)NC(=O)OC(C)(C)C)CC(=O)N1)C(=O)OC(C)(C)C. The Kier molecular flexibility index (Phi) is 15.7. The number of hydrogen-bond donors (Lipinski definition) is 4. The van der Waals surface area contributed by atoms with E-state index in [1.54, 1.807) is 46.4 Å². The molecule has 1 aliphatic heterocycles. The number of carbonyl (C=O) groups excluding carboxylic acids is 5. The lowest BCUT2D eigenvalue weighted by molar-refractivity contribution is -0.159. The van der Waals surface area contributed by atoms with Gasteiger partial charge in [0.25, 0.3) is 0 Å². The summed E-state index contributed by atoms with van der Waals surface area (Å²) >= 11 is 0. The van der Waals surface area contributed by atoms with Crippen LogP contribution in [-0.4, -0.2) is 95.3 Å². The highest BCUT2D eigenvalue weighted by Gasteiger charge is 2.35. The fourth-order valence-electron chi connectivity index (χ4n) is 6.04. The Morgan fingerprint density at radius 1 is 0.764 bits per heavy atom. The number of carbonyl (C=O) groups is 5. The van der Waals surface area contributed by atoms with Crippen molar-refractivity contribution < 1.29 is 38.2 Å². The molecule has 304 valence electrons. The molecule has 3 rings (SSSR count). The van der Waals surface area contributed by atoms with Gasteiger partial charge in [0.05, 0.1) is 6.54 Å². The second-order valence-corrected chi connectivity index (χ2v) is 17.7. The summed E-state index contributed by atoms with van der Waals surface area (Å²) in [6.07, 6.45) is 0.303. The van der Waals surface area contributed by atoms with Gasteiger partial charge in [0.1, 0.15) is 40.7 Å². The Bertz CT molecular complexity index is 1590. The lowest BCUT2D eigenvalue weighted by Gasteiger charge is -2.35. The first-order valence-corrected chi connectivity index (χ1v) is 19.1. The summed E-state index contributed by atoms with van der Waals surface area (Å²) in [6.45, 7) is 20.8.